The molecule has 0 aliphatic rings. The summed E-state index contributed by atoms with van der Waals surface area (Å²) in [5.74, 6) is -0.409. The van der Waals surface area contributed by atoms with Gasteiger partial charge in [0.2, 0.25) is 10.0 Å². The summed E-state index contributed by atoms with van der Waals surface area (Å²) in [5, 5.41) is 17.0. The minimum absolute atomic E-state index is 0.0526. The number of halogens is 1. The zero-order valence-electron chi connectivity index (χ0n) is 18.8. The van der Waals surface area contributed by atoms with Crippen LogP contribution in [0.2, 0.25) is 0 Å². The van der Waals surface area contributed by atoms with Crippen molar-refractivity contribution in [3.8, 4) is 0 Å². The standard InChI is InChI=1S/C23H27IN4O5S/c1-15-21(27-23(33-15)28-34(2,31)32)22(30)26-19(12-16-7-4-3-5-8-16)20(29)14-25-13-17-9-6-10-18(24)11-17/h3-11,19-20,25,29H,12-14H2,1-2H3,(H,26,30)(H,27,28)/t19-,20-/m0/s1. The van der Waals surface area contributed by atoms with E-state index in [1.165, 1.54) is 6.92 Å². The van der Waals surface area contributed by atoms with E-state index in [1.54, 1.807) is 0 Å². The zero-order valence-corrected chi connectivity index (χ0v) is 21.8. The van der Waals surface area contributed by atoms with Gasteiger partial charge in [0.05, 0.1) is 18.4 Å². The number of carbonyl (C=O) groups is 1. The van der Waals surface area contributed by atoms with Crippen molar-refractivity contribution in [2.75, 3.05) is 17.5 Å². The smallest absolute Gasteiger partial charge is 0.309 e. The molecule has 11 heteroatoms. The van der Waals surface area contributed by atoms with Crippen LogP contribution in [0.3, 0.4) is 0 Å². The largest absolute Gasteiger partial charge is 0.428 e. The van der Waals surface area contributed by atoms with Gasteiger partial charge in [0.15, 0.2) is 5.69 Å². The van der Waals surface area contributed by atoms with Gasteiger partial charge in [-0.15, -0.1) is 0 Å². The third kappa shape index (κ3) is 8.08. The Hall–Kier alpha value is -2.48. The minimum atomic E-state index is -3.61. The Morgan fingerprint density at radius 2 is 1.85 bits per heavy atom. The summed E-state index contributed by atoms with van der Waals surface area (Å²) in [6.07, 6.45) is 0.457. The number of hydrogen-bond acceptors (Lipinski definition) is 7. The van der Waals surface area contributed by atoms with Crippen LogP contribution in [-0.4, -0.2) is 49.4 Å². The maximum absolute atomic E-state index is 12.9. The van der Waals surface area contributed by atoms with Gasteiger partial charge in [0.25, 0.3) is 5.91 Å². The summed E-state index contributed by atoms with van der Waals surface area (Å²) in [6.45, 7) is 2.34. The Bertz CT molecular complexity index is 1220. The van der Waals surface area contributed by atoms with Gasteiger partial charge in [-0.1, -0.05) is 42.5 Å². The summed E-state index contributed by atoms with van der Waals surface area (Å²) < 4.78 is 31.4. The highest BCUT2D eigenvalue weighted by molar-refractivity contribution is 14.1. The number of nitrogens with one attached hydrogen (secondary N) is 3. The monoisotopic (exact) mass is 598 g/mol. The molecule has 0 aliphatic heterocycles. The lowest BCUT2D eigenvalue weighted by Gasteiger charge is -2.24. The summed E-state index contributed by atoms with van der Waals surface area (Å²) >= 11 is 2.25. The zero-order chi connectivity index (χ0) is 24.7. The molecule has 4 N–H and O–H groups in total. The minimum Gasteiger partial charge on any atom is -0.428 e. The van der Waals surface area contributed by atoms with Crippen LogP contribution >= 0.6 is 22.6 Å². The molecule has 1 amide bonds. The van der Waals surface area contributed by atoms with Gasteiger partial charge >= 0.3 is 6.01 Å². The molecule has 2 aromatic carbocycles. The summed E-state index contributed by atoms with van der Waals surface area (Å²) in [7, 11) is -3.61. The molecule has 0 spiro atoms. The number of sulfonamides is 1. The van der Waals surface area contributed by atoms with Gasteiger partial charge in [-0.25, -0.2) is 13.1 Å². The summed E-state index contributed by atoms with van der Waals surface area (Å²) in [6, 6.07) is 16.6. The van der Waals surface area contributed by atoms with Gasteiger partial charge in [-0.3, -0.25) is 4.79 Å². The molecule has 34 heavy (non-hydrogen) atoms. The lowest BCUT2D eigenvalue weighted by atomic mass is 10.0. The molecule has 2 atom stereocenters. The van der Waals surface area contributed by atoms with E-state index in [0.717, 1.165) is 21.0 Å². The molecule has 0 bridgehead atoms. The van der Waals surface area contributed by atoms with Gasteiger partial charge in [0, 0.05) is 16.7 Å². The van der Waals surface area contributed by atoms with Crippen molar-refractivity contribution in [2.24, 2.45) is 0 Å². The first kappa shape index (κ1) is 26.1. The molecule has 0 radical (unpaired) electrons. The lowest BCUT2D eigenvalue weighted by Crippen LogP contribution is -2.48. The molecular formula is C23H27IN4O5S. The Kier molecular flexibility index (Phi) is 9.05. The molecule has 0 saturated heterocycles. The molecule has 0 unspecified atom stereocenters. The predicted octanol–water partition coefficient (Wildman–Crippen LogP) is 2.45. The molecule has 9 nitrogen and oxygen atoms in total. The fourth-order valence-corrected chi connectivity index (χ4v) is 4.36. The van der Waals surface area contributed by atoms with Crippen molar-refractivity contribution in [3.63, 3.8) is 0 Å². The molecule has 0 fully saturated rings. The second kappa shape index (κ2) is 11.8. The van der Waals surface area contributed by atoms with E-state index in [2.05, 4.69) is 49.0 Å². The third-order valence-electron chi connectivity index (χ3n) is 4.94. The average molecular weight is 598 g/mol. The summed E-state index contributed by atoms with van der Waals surface area (Å²) in [5.41, 5.74) is 1.98. The van der Waals surface area contributed by atoms with E-state index in [1.807, 2.05) is 48.5 Å². The van der Waals surface area contributed by atoms with Crippen LogP contribution < -0.4 is 15.4 Å². The highest BCUT2D eigenvalue weighted by Crippen LogP contribution is 2.16. The van der Waals surface area contributed by atoms with Crippen molar-refractivity contribution >= 4 is 44.5 Å². The van der Waals surface area contributed by atoms with E-state index in [4.69, 9.17) is 4.42 Å². The van der Waals surface area contributed by atoms with Crippen LogP contribution in [-0.2, 0) is 23.0 Å². The second-order valence-corrected chi connectivity index (χ2v) is 10.9. The first-order valence-electron chi connectivity index (χ1n) is 10.5. The molecule has 1 heterocycles. The molecule has 1 aromatic heterocycles. The van der Waals surface area contributed by atoms with Gasteiger partial charge < -0.3 is 20.2 Å². The van der Waals surface area contributed by atoms with Gasteiger partial charge in [0.1, 0.15) is 5.76 Å². The van der Waals surface area contributed by atoms with Crippen molar-refractivity contribution in [1.82, 2.24) is 15.6 Å². The van der Waals surface area contributed by atoms with Crippen LogP contribution in [0, 0.1) is 10.5 Å². The number of benzene rings is 2. The number of rotatable bonds is 11. The van der Waals surface area contributed by atoms with Crippen molar-refractivity contribution in [2.45, 2.75) is 32.0 Å². The first-order chi connectivity index (χ1) is 16.1. The fourth-order valence-electron chi connectivity index (χ4n) is 3.35. The molecule has 0 aliphatic carbocycles. The second-order valence-electron chi connectivity index (χ2n) is 7.90. The quantitative estimate of drug-likeness (QED) is 0.249. The van der Waals surface area contributed by atoms with E-state index in [0.29, 0.717) is 13.0 Å². The third-order valence-corrected chi connectivity index (χ3v) is 6.15. The summed E-state index contributed by atoms with van der Waals surface area (Å²) in [4.78, 5) is 16.9. The Labute approximate surface area is 212 Å². The predicted molar refractivity (Wildman–Crippen MR) is 138 cm³/mol. The topological polar surface area (TPSA) is 134 Å². The normalized spacial score (nSPS) is 13.3. The van der Waals surface area contributed by atoms with Crippen LogP contribution in [0.4, 0.5) is 6.01 Å². The highest BCUT2D eigenvalue weighted by atomic mass is 127. The number of anilines is 1. The van der Waals surface area contributed by atoms with Crippen molar-refractivity contribution in [3.05, 3.63) is 80.7 Å². The Balaban J connectivity index is 1.70. The van der Waals surface area contributed by atoms with Gasteiger partial charge in [-0.2, -0.15) is 4.98 Å². The Morgan fingerprint density at radius 3 is 2.53 bits per heavy atom. The number of oxazole rings is 1. The molecule has 3 aromatic rings. The number of nitrogens with zero attached hydrogens (tertiary/aromatic N) is 1. The van der Waals surface area contributed by atoms with Crippen molar-refractivity contribution in [1.29, 1.82) is 0 Å². The number of carbonyl (C=O) groups excluding carboxylic acids is 1. The number of hydrogen-bond donors (Lipinski definition) is 4. The first-order valence-corrected chi connectivity index (χ1v) is 13.5. The maximum atomic E-state index is 12.9. The van der Waals surface area contributed by atoms with Crippen LogP contribution in [0.25, 0.3) is 0 Å². The molecule has 182 valence electrons. The molecular weight excluding hydrogens is 571 g/mol. The van der Waals surface area contributed by atoms with Crippen LogP contribution in [0.5, 0.6) is 0 Å². The fraction of sp³-hybridized carbons (Fsp3) is 0.304. The lowest BCUT2D eigenvalue weighted by molar-refractivity contribution is 0.0824. The average Bonchev–Trinajstić information content (AvgIpc) is 3.12. The Morgan fingerprint density at radius 1 is 1.15 bits per heavy atom. The van der Waals surface area contributed by atoms with Crippen molar-refractivity contribution < 1.29 is 22.7 Å². The van der Waals surface area contributed by atoms with E-state index >= 15 is 0 Å². The maximum Gasteiger partial charge on any atom is 0.309 e. The van der Waals surface area contributed by atoms with E-state index in [9.17, 15) is 18.3 Å². The number of amides is 1. The van der Waals surface area contributed by atoms with Crippen LogP contribution in [0.15, 0.2) is 59.0 Å². The number of aryl methyl sites for hydroxylation is 1. The van der Waals surface area contributed by atoms with Gasteiger partial charge in [-0.05, 0) is 59.2 Å². The molecule has 3 rings (SSSR count). The number of aliphatic hydroxyl groups is 1. The number of aromatic nitrogens is 1. The number of aliphatic hydroxyl groups excluding tert-OH is 1. The highest BCUT2D eigenvalue weighted by Gasteiger charge is 2.26. The van der Waals surface area contributed by atoms with Crippen LogP contribution in [0.1, 0.15) is 27.4 Å². The molecule has 0 saturated carbocycles. The van der Waals surface area contributed by atoms with E-state index < -0.39 is 28.1 Å². The SMILES string of the molecule is Cc1oc(NS(C)(=O)=O)nc1C(=O)N[C@@H](Cc1ccccc1)[C@@H](O)CNCc1cccc(I)c1. The van der Waals surface area contributed by atoms with E-state index in [-0.39, 0.29) is 24.0 Å².